The molecule has 2 aromatic rings. The number of benzene rings is 2. The van der Waals surface area contributed by atoms with E-state index in [0.717, 1.165) is 18.4 Å². The lowest BCUT2D eigenvalue weighted by Gasteiger charge is -2.40. The summed E-state index contributed by atoms with van der Waals surface area (Å²) in [4.78, 5) is 14.3. The third kappa shape index (κ3) is 4.37. The maximum atomic E-state index is 12.5. The normalized spacial score (nSPS) is 22.8. The Balaban J connectivity index is 1.25. The van der Waals surface area contributed by atoms with E-state index in [1.165, 1.54) is 0 Å². The summed E-state index contributed by atoms with van der Waals surface area (Å²) in [6.45, 7) is 1.80. The van der Waals surface area contributed by atoms with E-state index in [-0.39, 0.29) is 24.3 Å². The molecule has 2 atom stereocenters. The highest BCUT2D eigenvalue weighted by Crippen LogP contribution is 2.29. The van der Waals surface area contributed by atoms with Gasteiger partial charge in [0, 0.05) is 12.6 Å². The Morgan fingerprint density at radius 3 is 2.63 bits per heavy atom. The van der Waals surface area contributed by atoms with Crippen LogP contribution in [0.4, 0.5) is 4.79 Å². The van der Waals surface area contributed by atoms with Crippen LogP contribution in [0.25, 0.3) is 0 Å². The van der Waals surface area contributed by atoms with Crippen molar-refractivity contribution in [1.29, 1.82) is 0 Å². The van der Waals surface area contributed by atoms with Crippen LogP contribution in [0.3, 0.4) is 0 Å². The summed E-state index contributed by atoms with van der Waals surface area (Å²) >= 11 is 6.11. The Kier molecular flexibility index (Phi) is 5.50. The van der Waals surface area contributed by atoms with Gasteiger partial charge in [0.15, 0.2) is 0 Å². The molecule has 2 fully saturated rings. The summed E-state index contributed by atoms with van der Waals surface area (Å²) in [6, 6.07) is 17.7. The number of rotatable bonds is 4. The van der Waals surface area contributed by atoms with Gasteiger partial charge in [-0.2, -0.15) is 0 Å². The summed E-state index contributed by atoms with van der Waals surface area (Å²) in [5.74, 6) is 0.666. The number of likely N-dealkylation sites (tertiary alicyclic amines) is 1. The molecule has 2 aliphatic heterocycles. The first-order chi connectivity index (χ1) is 13.2. The molecule has 2 amide bonds. The quantitative estimate of drug-likeness (QED) is 0.863. The van der Waals surface area contributed by atoms with Crippen LogP contribution >= 0.6 is 11.6 Å². The third-order valence-electron chi connectivity index (χ3n) is 5.05. The van der Waals surface area contributed by atoms with Crippen LogP contribution in [0.1, 0.15) is 24.5 Å². The van der Waals surface area contributed by atoms with E-state index >= 15 is 0 Å². The van der Waals surface area contributed by atoms with Gasteiger partial charge in [0.25, 0.3) is 0 Å². The average Bonchev–Trinajstić information content (AvgIpc) is 2.66. The minimum Gasteiger partial charge on any atom is -0.485 e. The van der Waals surface area contributed by atoms with Crippen LogP contribution in [-0.4, -0.2) is 42.8 Å². The smallest absolute Gasteiger partial charge is 0.317 e. The molecule has 0 spiro atoms. The highest BCUT2D eigenvalue weighted by molar-refractivity contribution is 6.32. The number of urea groups is 1. The van der Waals surface area contributed by atoms with E-state index in [1.807, 2.05) is 36.4 Å². The average molecular weight is 387 g/mol. The Labute approximate surface area is 164 Å². The highest BCUT2D eigenvalue weighted by Gasteiger charge is 2.34. The molecule has 27 heavy (non-hydrogen) atoms. The molecular formula is C21H23ClN2O3. The van der Waals surface area contributed by atoms with Gasteiger partial charge in [-0.25, -0.2) is 4.79 Å². The summed E-state index contributed by atoms with van der Waals surface area (Å²) in [7, 11) is 0. The number of amides is 2. The molecule has 0 aromatic heterocycles. The predicted molar refractivity (Wildman–Crippen MR) is 104 cm³/mol. The van der Waals surface area contributed by atoms with E-state index in [4.69, 9.17) is 21.1 Å². The highest BCUT2D eigenvalue weighted by atomic mass is 35.5. The lowest BCUT2D eigenvalue weighted by molar-refractivity contribution is -0.00161. The Bertz CT molecular complexity index is 780. The number of halogens is 1. The van der Waals surface area contributed by atoms with Gasteiger partial charge in [-0.3, -0.25) is 0 Å². The monoisotopic (exact) mass is 386 g/mol. The molecule has 0 unspecified atom stereocenters. The van der Waals surface area contributed by atoms with E-state index in [1.54, 1.807) is 11.0 Å². The standard InChI is InChI=1S/C21H23ClN2O3/c22-18-8-4-5-9-19(18)27-17-13-24(14-17)21(25)23-16-10-11-26-20(12-16)15-6-2-1-3-7-15/h1-9,16-17,20H,10-14H2,(H,23,25)/t16-,20-/m0/s1. The van der Waals surface area contributed by atoms with Crippen LogP contribution in [0.15, 0.2) is 54.6 Å². The van der Waals surface area contributed by atoms with Crippen LogP contribution in [0.2, 0.25) is 5.02 Å². The molecule has 2 aliphatic rings. The summed E-state index contributed by atoms with van der Waals surface area (Å²) < 4.78 is 11.7. The molecule has 6 heteroatoms. The van der Waals surface area contributed by atoms with E-state index in [9.17, 15) is 4.79 Å². The van der Waals surface area contributed by atoms with Crippen LogP contribution in [-0.2, 0) is 4.74 Å². The van der Waals surface area contributed by atoms with E-state index < -0.39 is 0 Å². The maximum absolute atomic E-state index is 12.5. The fourth-order valence-electron chi connectivity index (χ4n) is 3.49. The number of hydrogen-bond donors (Lipinski definition) is 1. The molecular weight excluding hydrogens is 364 g/mol. The maximum Gasteiger partial charge on any atom is 0.317 e. The molecule has 0 saturated carbocycles. The number of hydrogen-bond acceptors (Lipinski definition) is 3. The number of nitrogens with zero attached hydrogens (tertiary/aromatic N) is 1. The first kappa shape index (κ1) is 18.1. The molecule has 0 bridgehead atoms. The number of carbonyl (C=O) groups excluding carboxylic acids is 1. The first-order valence-electron chi connectivity index (χ1n) is 9.32. The van der Waals surface area contributed by atoms with Crippen LogP contribution < -0.4 is 10.1 Å². The Hall–Kier alpha value is -2.24. The van der Waals surface area contributed by atoms with Crippen molar-refractivity contribution in [2.75, 3.05) is 19.7 Å². The van der Waals surface area contributed by atoms with Gasteiger partial charge in [-0.15, -0.1) is 0 Å². The van der Waals surface area contributed by atoms with Crippen molar-refractivity contribution in [2.45, 2.75) is 31.1 Å². The number of para-hydroxylation sites is 1. The van der Waals surface area contributed by atoms with Gasteiger partial charge < -0.3 is 19.7 Å². The zero-order valence-electron chi connectivity index (χ0n) is 15.0. The zero-order chi connectivity index (χ0) is 18.6. The molecule has 2 aromatic carbocycles. The molecule has 5 nitrogen and oxygen atoms in total. The van der Waals surface area contributed by atoms with Crippen molar-refractivity contribution >= 4 is 17.6 Å². The van der Waals surface area contributed by atoms with Crippen molar-refractivity contribution in [3.05, 3.63) is 65.2 Å². The van der Waals surface area contributed by atoms with Gasteiger partial charge in [0.05, 0.1) is 24.2 Å². The van der Waals surface area contributed by atoms with Crippen molar-refractivity contribution < 1.29 is 14.3 Å². The second-order valence-corrected chi connectivity index (χ2v) is 7.42. The fraction of sp³-hybridized carbons (Fsp3) is 0.381. The van der Waals surface area contributed by atoms with Gasteiger partial charge in [0.2, 0.25) is 0 Å². The van der Waals surface area contributed by atoms with Crippen LogP contribution in [0, 0.1) is 0 Å². The minimum absolute atomic E-state index is 0.0117. The summed E-state index contributed by atoms with van der Waals surface area (Å²) in [6.07, 6.45) is 1.66. The Morgan fingerprint density at radius 2 is 1.85 bits per heavy atom. The lowest BCUT2D eigenvalue weighted by Crippen LogP contribution is -2.60. The van der Waals surface area contributed by atoms with Gasteiger partial charge in [0.1, 0.15) is 11.9 Å². The van der Waals surface area contributed by atoms with E-state index in [2.05, 4.69) is 17.4 Å². The molecule has 4 rings (SSSR count). The van der Waals surface area contributed by atoms with Crippen molar-refractivity contribution in [3.8, 4) is 5.75 Å². The largest absolute Gasteiger partial charge is 0.485 e. The van der Waals surface area contributed by atoms with Crippen molar-refractivity contribution in [2.24, 2.45) is 0 Å². The zero-order valence-corrected chi connectivity index (χ0v) is 15.8. The van der Waals surface area contributed by atoms with Gasteiger partial charge in [-0.05, 0) is 30.5 Å². The summed E-state index contributed by atoms with van der Waals surface area (Å²) in [5.41, 5.74) is 1.16. The summed E-state index contributed by atoms with van der Waals surface area (Å²) in [5, 5.41) is 3.73. The molecule has 0 radical (unpaired) electrons. The number of nitrogens with one attached hydrogen (secondary N) is 1. The SMILES string of the molecule is O=C(N[C@H]1CCO[C@H](c2ccccc2)C1)N1CC(Oc2ccccc2Cl)C1. The van der Waals surface area contributed by atoms with Crippen molar-refractivity contribution in [3.63, 3.8) is 0 Å². The number of ether oxygens (including phenoxy) is 2. The molecule has 0 aliphatic carbocycles. The molecule has 2 saturated heterocycles. The second kappa shape index (κ2) is 8.19. The molecule has 142 valence electrons. The van der Waals surface area contributed by atoms with E-state index in [0.29, 0.717) is 30.5 Å². The van der Waals surface area contributed by atoms with Crippen LogP contribution in [0.5, 0.6) is 5.75 Å². The minimum atomic E-state index is -0.0345. The second-order valence-electron chi connectivity index (χ2n) is 7.02. The van der Waals surface area contributed by atoms with Gasteiger partial charge >= 0.3 is 6.03 Å². The fourth-order valence-corrected chi connectivity index (χ4v) is 3.67. The first-order valence-corrected chi connectivity index (χ1v) is 9.70. The van der Waals surface area contributed by atoms with Crippen molar-refractivity contribution in [1.82, 2.24) is 10.2 Å². The lowest BCUT2D eigenvalue weighted by atomic mass is 9.97. The molecule has 1 N–H and O–H groups in total. The molecule has 2 heterocycles. The Morgan fingerprint density at radius 1 is 1.11 bits per heavy atom. The topological polar surface area (TPSA) is 50.8 Å². The third-order valence-corrected chi connectivity index (χ3v) is 5.36. The number of carbonyl (C=O) groups is 1. The predicted octanol–water partition coefficient (Wildman–Crippen LogP) is 4.03. The van der Waals surface area contributed by atoms with Gasteiger partial charge in [-0.1, -0.05) is 54.1 Å².